The first-order chi connectivity index (χ1) is 12.4. The number of aliphatic imine (C=N–C) groups is 1. The van der Waals surface area contributed by atoms with Crippen LogP contribution in [0.4, 0.5) is 9.59 Å². The Morgan fingerprint density at radius 1 is 1.04 bits per heavy atom. The number of carbonyl (C=O) groups excluding carboxylic acids is 2. The molecule has 6 nitrogen and oxygen atoms in total. The third-order valence-electron chi connectivity index (χ3n) is 3.26. The highest BCUT2D eigenvalue weighted by molar-refractivity contribution is 9.10. The monoisotopic (exact) mass is 436 g/mol. The average Bonchev–Trinajstić information content (AvgIpc) is 2.92. The highest BCUT2D eigenvalue weighted by atomic mass is 79.9. The SMILES string of the molecule is CC(C)(C)OC(=O)N(C(=O)OC(C)(C)C)C1=NC(c2cccc(Br)c2)=CC1. The molecular formula is C20H25BrN2O4. The molecule has 0 saturated carbocycles. The van der Waals surface area contributed by atoms with Crippen LogP contribution in [0.5, 0.6) is 0 Å². The summed E-state index contributed by atoms with van der Waals surface area (Å²) in [6.07, 6.45) is 0.568. The molecule has 0 N–H and O–H groups in total. The summed E-state index contributed by atoms with van der Waals surface area (Å²) in [6.45, 7) is 10.4. The lowest BCUT2D eigenvalue weighted by atomic mass is 10.1. The summed E-state index contributed by atoms with van der Waals surface area (Å²) in [5, 5.41) is 0. The molecule has 0 saturated heterocycles. The molecule has 0 spiro atoms. The van der Waals surface area contributed by atoms with E-state index in [4.69, 9.17) is 9.47 Å². The van der Waals surface area contributed by atoms with Crippen molar-refractivity contribution in [2.75, 3.05) is 0 Å². The van der Waals surface area contributed by atoms with Gasteiger partial charge < -0.3 is 9.47 Å². The molecule has 2 amide bonds. The van der Waals surface area contributed by atoms with Gasteiger partial charge in [-0.1, -0.05) is 34.1 Å². The summed E-state index contributed by atoms with van der Waals surface area (Å²) in [7, 11) is 0. The molecule has 1 aromatic carbocycles. The van der Waals surface area contributed by atoms with Gasteiger partial charge in [0, 0.05) is 16.5 Å². The minimum absolute atomic E-state index is 0.272. The molecule has 27 heavy (non-hydrogen) atoms. The Balaban J connectivity index is 2.32. The van der Waals surface area contributed by atoms with E-state index in [2.05, 4.69) is 20.9 Å². The van der Waals surface area contributed by atoms with E-state index in [-0.39, 0.29) is 5.84 Å². The third kappa shape index (κ3) is 6.20. The smallest absolute Gasteiger partial charge is 0.425 e. The van der Waals surface area contributed by atoms with Crippen molar-refractivity contribution in [2.24, 2.45) is 4.99 Å². The summed E-state index contributed by atoms with van der Waals surface area (Å²) < 4.78 is 11.7. The molecule has 0 atom stereocenters. The number of carbonyl (C=O) groups is 2. The van der Waals surface area contributed by atoms with E-state index in [0.29, 0.717) is 12.1 Å². The van der Waals surface area contributed by atoms with Gasteiger partial charge in [-0.25, -0.2) is 14.6 Å². The van der Waals surface area contributed by atoms with Gasteiger partial charge in [-0.3, -0.25) is 0 Å². The van der Waals surface area contributed by atoms with E-state index in [0.717, 1.165) is 14.9 Å². The van der Waals surface area contributed by atoms with Crippen molar-refractivity contribution in [3.8, 4) is 0 Å². The Bertz CT molecular complexity index is 773. The fourth-order valence-corrected chi connectivity index (χ4v) is 2.69. The first-order valence-electron chi connectivity index (χ1n) is 8.65. The standard InChI is InChI=1S/C20H25BrN2O4/c1-19(2,3)26-17(24)23(18(25)27-20(4,5)6)16-11-10-15(22-16)13-8-7-9-14(21)12-13/h7-10,12H,11H2,1-6H3. The maximum atomic E-state index is 12.7. The molecule has 0 bridgehead atoms. The number of hydrogen-bond donors (Lipinski definition) is 0. The lowest BCUT2D eigenvalue weighted by molar-refractivity contribution is 0.0145. The average molecular weight is 437 g/mol. The number of imide groups is 1. The number of benzene rings is 1. The molecule has 1 aromatic rings. The van der Waals surface area contributed by atoms with Crippen molar-refractivity contribution in [3.05, 3.63) is 40.4 Å². The van der Waals surface area contributed by atoms with Gasteiger partial charge in [0.15, 0.2) is 0 Å². The Hall–Kier alpha value is -2.15. The fraction of sp³-hybridized carbons (Fsp3) is 0.450. The van der Waals surface area contributed by atoms with E-state index in [1.807, 2.05) is 30.3 Å². The molecule has 0 aromatic heterocycles. The highest BCUT2D eigenvalue weighted by Crippen LogP contribution is 2.27. The molecule has 1 aliphatic heterocycles. The van der Waals surface area contributed by atoms with Crippen LogP contribution in [-0.2, 0) is 9.47 Å². The van der Waals surface area contributed by atoms with Crippen LogP contribution in [0, 0.1) is 0 Å². The number of hydrogen-bond acceptors (Lipinski definition) is 5. The number of amides is 2. The van der Waals surface area contributed by atoms with E-state index in [1.165, 1.54) is 0 Å². The van der Waals surface area contributed by atoms with Gasteiger partial charge in [0.25, 0.3) is 0 Å². The molecule has 146 valence electrons. The Kier molecular flexibility index (Phi) is 6.14. The van der Waals surface area contributed by atoms with Crippen LogP contribution in [0.2, 0.25) is 0 Å². The van der Waals surface area contributed by atoms with Gasteiger partial charge in [-0.2, -0.15) is 4.90 Å². The van der Waals surface area contributed by atoms with Crippen LogP contribution in [-0.4, -0.2) is 34.1 Å². The van der Waals surface area contributed by atoms with Crippen LogP contribution in [0.3, 0.4) is 0 Å². The Morgan fingerprint density at radius 3 is 2.07 bits per heavy atom. The molecule has 0 radical (unpaired) electrons. The number of nitrogens with zero attached hydrogens (tertiary/aromatic N) is 2. The molecule has 1 aliphatic rings. The van der Waals surface area contributed by atoms with E-state index >= 15 is 0 Å². The number of halogens is 1. The third-order valence-corrected chi connectivity index (χ3v) is 3.75. The van der Waals surface area contributed by atoms with Gasteiger partial charge in [0.05, 0.1) is 5.70 Å². The van der Waals surface area contributed by atoms with E-state index in [1.54, 1.807) is 41.5 Å². The summed E-state index contributed by atoms with van der Waals surface area (Å²) in [5.74, 6) is 0.272. The Morgan fingerprint density at radius 2 is 1.59 bits per heavy atom. The molecular weight excluding hydrogens is 412 g/mol. The molecule has 0 fully saturated rings. The van der Waals surface area contributed by atoms with Crippen molar-refractivity contribution >= 4 is 39.6 Å². The fourth-order valence-electron chi connectivity index (χ4n) is 2.29. The van der Waals surface area contributed by atoms with Crippen LogP contribution >= 0.6 is 15.9 Å². The second-order valence-electron chi connectivity index (χ2n) is 8.13. The largest absolute Gasteiger partial charge is 0.443 e. The maximum absolute atomic E-state index is 12.7. The first-order valence-corrected chi connectivity index (χ1v) is 9.45. The maximum Gasteiger partial charge on any atom is 0.425 e. The zero-order chi connectivity index (χ0) is 20.4. The number of amidine groups is 1. The zero-order valence-electron chi connectivity index (χ0n) is 16.5. The van der Waals surface area contributed by atoms with Gasteiger partial charge in [-0.15, -0.1) is 0 Å². The van der Waals surface area contributed by atoms with Crippen LogP contribution in [0.15, 0.2) is 39.8 Å². The summed E-state index contributed by atoms with van der Waals surface area (Å²) >= 11 is 3.43. The first kappa shape index (κ1) is 21.2. The van der Waals surface area contributed by atoms with Gasteiger partial charge >= 0.3 is 12.2 Å². The molecule has 1 heterocycles. The van der Waals surface area contributed by atoms with E-state index in [9.17, 15) is 9.59 Å². The zero-order valence-corrected chi connectivity index (χ0v) is 18.1. The summed E-state index contributed by atoms with van der Waals surface area (Å²) in [4.78, 5) is 30.7. The van der Waals surface area contributed by atoms with Crippen molar-refractivity contribution < 1.29 is 19.1 Å². The molecule has 7 heteroatoms. The lowest BCUT2D eigenvalue weighted by Gasteiger charge is -2.28. The predicted molar refractivity (Wildman–Crippen MR) is 108 cm³/mol. The van der Waals surface area contributed by atoms with Crippen molar-refractivity contribution in [1.82, 2.24) is 4.90 Å². The highest BCUT2D eigenvalue weighted by Gasteiger charge is 2.35. The van der Waals surface area contributed by atoms with Crippen LogP contribution in [0.1, 0.15) is 53.5 Å². The predicted octanol–water partition coefficient (Wildman–Crippen LogP) is 5.76. The second kappa shape index (κ2) is 7.84. The quantitative estimate of drug-likeness (QED) is 0.560. The topological polar surface area (TPSA) is 68.2 Å². The van der Waals surface area contributed by atoms with Crippen molar-refractivity contribution in [1.29, 1.82) is 0 Å². The van der Waals surface area contributed by atoms with Crippen molar-refractivity contribution in [3.63, 3.8) is 0 Å². The molecule has 0 aliphatic carbocycles. The Labute approximate surface area is 168 Å². The number of rotatable bonds is 1. The normalized spacial score (nSPS) is 14.3. The van der Waals surface area contributed by atoms with Gasteiger partial charge in [0.1, 0.15) is 17.0 Å². The molecule has 0 unspecified atom stereocenters. The minimum Gasteiger partial charge on any atom is -0.443 e. The molecule has 2 rings (SSSR count). The minimum atomic E-state index is -0.806. The van der Waals surface area contributed by atoms with Crippen molar-refractivity contribution in [2.45, 2.75) is 59.2 Å². The van der Waals surface area contributed by atoms with Crippen LogP contribution in [0.25, 0.3) is 5.70 Å². The van der Waals surface area contributed by atoms with Gasteiger partial charge in [-0.05, 0) is 53.7 Å². The summed E-state index contributed by atoms with van der Waals surface area (Å²) in [6, 6.07) is 7.64. The van der Waals surface area contributed by atoms with E-state index < -0.39 is 23.4 Å². The second-order valence-corrected chi connectivity index (χ2v) is 9.04. The van der Waals surface area contributed by atoms with Gasteiger partial charge in [0.2, 0.25) is 0 Å². The van der Waals surface area contributed by atoms with Crippen LogP contribution < -0.4 is 0 Å². The lowest BCUT2D eigenvalue weighted by Crippen LogP contribution is -2.46. The number of ether oxygens (including phenoxy) is 2. The summed E-state index contributed by atoms with van der Waals surface area (Å²) in [5.41, 5.74) is 0.0600.